The Labute approximate surface area is 168 Å². The van der Waals surface area contributed by atoms with Crippen LogP contribution >= 0.6 is 0 Å². The smallest absolute Gasteiger partial charge is 0.254 e. The average molecular weight is 392 g/mol. The lowest BCUT2D eigenvalue weighted by molar-refractivity contribution is 0.0578. The molecule has 150 valence electrons. The molecule has 0 unspecified atom stereocenters. The SMILES string of the molecule is CC(C)C[C@H]1c2nc(C3CC3)nn2CCN1C(=O)c1ccc(-n2cnnn2)cc1. The Kier molecular flexibility index (Phi) is 4.37. The molecule has 1 atom stereocenters. The van der Waals surface area contributed by atoms with E-state index in [4.69, 9.17) is 10.1 Å². The number of carbonyl (C=O) groups is 1. The molecule has 3 aromatic rings. The molecule has 2 aliphatic rings. The van der Waals surface area contributed by atoms with Crippen LogP contribution in [0.4, 0.5) is 0 Å². The van der Waals surface area contributed by atoms with E-state index in [-0.39, 0.29) is 11.9 Å². The Morgan fingerprint density at radius 2 is 1.97 bits per heavy atom. The van der Waals surface area contributed by atoms with Gasteiger partial charge < -0.3 is 4.90 Å². The summed E-state index contributed by atoms with van der Waals surface area (Å²) < 4.78 is 3.59. The van der Waals surface area contributed by atoms with Gasteiger partial charge in [-0.25, -0.2) is 14.3 Å². The number of rotatable bonds is 5. The second kappa shape index (κ2) is 7.06. The third kappa shape index (κ3) is 3.41. The van der Waals surface area contributed by atoms with Crippen molar-refractivity contribution in [2.24, 2.45) is 5.92 Å². The van der Waals surface area contributed by atoms with Gasteiger partial charge in [0.25, 0.3) is 5.91 Å². The van der Waals surface area contributed by atoms with Gasteiger partial charge >= 0.3 is 0 Å². The second-order valence-corrected chi connectivity index (χ2v) is 8.27. The van der Waals surface area contributed by atoms with E-state index in [0.29, 0.717) is 30.5 Å². The number of fused-ring (bicyclic) bond motifs is 1. The summed E-state index contributed by atoms with van der Waals surface area (Å²) in [7, 11) is 0. The van der Waals surface area contributed by atoms with Gasteiger partial charge in [0.05, 0.1) is 18.3 Å². The predicted octanol–water partition coefficient (Wildman–Crippen LogP) is 2.37. The number of aromatic nitrogens is 7. The Bertz CT molecular complexity index is 1000. The van der Waals surface area contributed by atoms with Crippen molar-refractivity contribution < 1.29 is 4.79 Å². The van der Waals surface area contributed by atoms with Crippen LogP contribution in [0.3, 0.4) is 0 Å². The van der Waals surface area contributed by atoms with Crippen LogP contribution in [0.2, 0.25) is 0 Å². The Balaban J connectivity index is 1.42. The number of nitrogens with zero attached hydrogens (tertiary/aromatic N) is 8. The number of tetrazole rings is 1. The minimum absolute atomic E-state index is 0.0288. The van der Waals surface area contributed by atoms with Crippen molar-refractivity contribution in [1.82, 2.24) is 39.9 Å². The van der Waals surface area contributed by atoms with E-state index in [1.54, 1.807) is 4.68 Å². The Hall–Kier alpha value is -3.10. The highest BCUT2D eigenvalue weighted by molar-refractivity contribution is 5.94. The molecule has 1 amide bonds. The number of hydrogen-bond donors (Lipinski definition) is 0. The van der Waals surface area contributed by atoms with E-state index in [1.807, 2.05) is 33.8 Å². The fraction of sp³-hybridized carbons (Fsp3) is 0.500. The molecule has 0 radical (unpaired) electrons. The van der Waals surface area contributed by atoms with Crippen LogP contribution < -0.4 is 0 Å². The van der Waals surface area contributed by atoms with Crippen LogP contribution in [-0.2, 0) is 6.54 Å². The summed E-state index contributed by atoms with van der Waals surface area (Å²) in [5.74, 6) is 2.88. The molecule has 0 N–H and O–H groups in total. The molecule has 1 fully saturated rings. The molecule has 1 aromatic carbocycles. The minimum atomic E-state index is -0.0459. The molecule has 9 heteroatoms. The first kappa shape index (κ1) is 18.0. The van der Waals surface area contributed by atoms with Crippen molar-refractivity contribution in [3.05, 3.63) is 47.8 Å². The van der Waals surface area contributed by atoms with Crippen molar-refractivity contribution >= 4 is 5.91 Å². The Morgan fingerprint density at radius 1 is 1.17 bits per heavy atom. The van der Waals surface area contributed by atoms with Gasteiger partial charge in [-0.3, -0.25) is 4.79 Å². The van der Waals surface area contributed by atoms with E-state index in [0.717, 1.165) is 23.8 Å². The van der Waals surface area contributed by atoms with Crippen LogP contribution in [0.15, 0.2) is 30.6 Å². The largest absolute Gasteiger partial charge is 0.327 e. The summed E-state index contributed by atoms with van der Waals surface area (Å²) >= 11 is 0. The zero-order valence-corrected chi connectivity index (χ0v) is 16.6. The molecule has 3 heterocycles. The van der Waals surface area contributed by atoms with Gasteiger partial charge in [0.1, 0.15) is 12.2 Å². The average Bonchev–Trinajstić information content (AvgIpc) is 3.25. The highest BCUT2D eigenvalue weighted by Crippen LogP contribution is 2.40. The summed E-state index contributed by atoms with van der Waals surface area (Å²) in [5.41, 5.74) is 1.48. The van der Waals surface area contributed by atoms with Gasteiger partial charge in [0, 0.05) is 18.0 Å². The van der Waals surface area contributed by atoms with Gasteiger partial charge in [-0.05, 0) is 59.9 Å². The number of carbonyl (C=O) groups excluding carboxylic acids is 1. The maximum atomic E-state index is 13.4. The highest BCUT2D eigenvalue weighted by atomic mass is 16.2. The van der Waals surface area contributed by atoms with Crippen molar-refractivity contribution in [3.8, 4) is 5.69 Å². The lowest BCUT2D eigenvalue weighted by Crippen LogP contribution is -2.43. The molecule has 0 bridgehead atoms. The van der Waals surface area contributed by atoms with E-state index in [1.165, 1.54) is 19.2 Å². The zero-order valence-electron chi connectivity index (χ0n) is 16.6. The molecule has 1 aliphatic carbocycles. The van der Waals surface area contributed by atoms with Crippen LogP contribution in [0.5, 0.6) is 0 Å². The monoisotopic (exact) mass is 392 g/mol. The van der Waals surface area contributed by atoms with Crippen molar-refractivity contribution in [2.45, 2.75) is 51.6 Å². The maximum Gasteiger partial charge on any atom is 0.254 e. The van der Waals surface area contributed by atoms with Crippen molar-refractivity contribution in [3.63, 3.8) is 0 Å². The van der Waals surface area contributed by atoms with E-state index in [9.17, 15) is 4.79 Å². The maximum absolute atomic E-state index is 13.4. The summed E-state index contributed by atoms with van der Waals surface area (Å²) in [6, 6.07) is 7.34. The lowest BCUT2D eigenvalue weighted by atomic mass is 9.99. The molecule has 0 spiro atoms. The van der Waals surface area contributed by atoms with Gasteiger partial charge in [-0.1, -0.05) is 13.8 Å². The first-order valence-corrected chi connectivity index (χ1v) is 10.2. The highest BCUT2D eigenvalue weighted by Gasteiger charge is 2.37. The predicted molar refractivity (Wildman–Crippen MR) is 104 cm³/mol. The van der Waals surface area contributed by atoms with Crippen LogP contribution in [0.25, 0.3) is 5.69 Å². The summed E-state index contributed by atoms with van der Waals surface area (Å²) in [4.78, 5) is 20.2. The van der Waals surface area contributed by atoms with Crippen molar-refractivity contribution in [2.75, 3.05) is 6.54 Å². The van der Waals surface area contributed by atoms with Crippen LogP contribution in [-0.4, -0.2) is 52.3 Å². The van der Waals surface area contributed by atoms with Gasteiger partial charge in [-0.15, -0.1) is 5.10 Å². The molecule has 9 nitrogen and oxygen atoms in total. The summed E-state index contributed by atoms with van der Waals surface area (Å²) in [6.45, 7) is 5.70. The molecule has 29 heavy (non-hydrogen) atoms. The van der Waals surface area contributed by atoms with Crippen molar-refractivity contribution in [1.29, 1.82) is 0 Å². The molecule has 2 aromatic heterocycles. The van der Waals surface area contributed by atoms with Crippen LogP contribution in [0, 0.1) is 5.92 Å². The summed E-state index contributed by atoms with van der Waals surface area (Å²) in [6.07, 6.45) is 4.75. The Morgan fingerprint density at radius 3 is 2.62 bits per heavy atom. The standard InChI is InChI=1S/C20H24N8O/c1-13(2)11-17-19-22-18(14-3-4-14)23-27(19)10-9-26(17)20(29)15-5-7-16(8-6-15)28-12-21-24-25-28/h5-8,12-14,17H,3-4,9-11H2,1-2H3/t17-/m0/s1. The fourth-order valence-electron chi connectivity index (χ4n) is 3.92. The minimum Gasteiger partial charge on any atom is -0.327 e. The van der Waals surface area contributed by atoms with Crippen LogP contribution in [0.1, 0.15) is 67.1 Å². The first-order valence-electron chi connectivity index (χ1n) is 10.2. The lowest BCUT2D eigenvalue weighted by Gasteiger charge is -2.36. The van der Waals surface area contributed by atoms with E-state index in [2.05, 4.69) is 29.4 Å². The molecular weight excluding hydrogens is 368 g/mol. The normalized spacial score (nSPS) is 18.9. The molecule has 5 rings (SSSR count). The van der Waals surface area contributed by atoms with Gasteiger partial charge in [-0.2, -0.15) is 5.10 Å². The zero-order chi connectivity index (χ0) is 20.0. The first-order chi connectivity index (χ1) is 14.1. The van der Waals surface area contributed by atoms with E-state index >= 15 is 0 Å². The quantitative estimate of drug-likeness (QED) is 0.662. The number of amides is 1. The third-order valence-electron chi connectivity index (χ3n) is 5.57. The van der Waals surface area contributed by atoms with Gasteiger partial charge in [0.15, 0.2) is 5.82 Å². The van der Waals surface area contributed by atoms with Gasteiger partial charge in [0.2, 0.25) is 0 Å². The molecule has 1 saturated carbocycles. The molecular formula is C20H24N8O. The second-order valence-electron chi connectivity index (χ2n) is 8.27. The number of hydrogen-bond acceptors (Lipinski definition) is 6. The third-order valence-corrected chi connectivity index (χ3v) is 5.57. The fourth-order valence-corrected chi connectivity index (χ4v) is 3.92. The topological polar surface area (TPSA) is 94.6 Å². The molecule has 0 saturated heterocycles. The number of benzene rings is 1. The van der Waals surface area contributed by atoms with E-state index < -0.39 is 0 Å². The molecule has 1 aliphatic heterocycles. The summed E-state index contributed by atoms with van der Waals surface area (Å²) in [5, 5.41) is 15.9.